The molecule has 2 atom stereocenters. The molecule has 2 rings (SSSR count). The predicted octanol–water partition coefficient (Wildman–Crippen LogP) is 1.92. The summed E-state index contributed by atoms with van der Waals surface area (Å²) in [6, 6.07) is 13.4. The molecule has 0 aromatic heterocycles. The average Bonchev–Trinajstić information content (AvgIpc) is 3.26. The summed E-state index contributed by atoms with van der Waals surface area (Å²) < 4.78 is 0. The Hall–Kier alpha value is -4.26. The van der Waals surface area contributed by atoms with Crippen molar-refractivity contribution in [2.75, 3.05) is 0 Å². The van der Waals surface area contributed by atoms with E-state index < -0.39 is 33.3 Å². The van der Waals surface area contributed by atoms with Crippen molar-refractivity contribution in [3.05, 3.63) is 39.9 Å². The largest absolute Gasteiger partial charge is 0.305 e. The van der Waals surface area contributed by atoms with E-state index in [0.29, 0.717) is 0 Å². The minimum atomic E-state index is -2.01. The van der Waals surface area contributed by atoms with Crippen LogP contribution in [0.15, 0.2) is 24.3 Å². The third-order valence-corrected chi connectivity index (χ3v) is 4.32. The molecule has 9 heteroatoms. The van der Waals surface area contributed by atoms with Gasteiger partial charge in [0.15, 0.2) is 11.3 Å². The quantitative estimate of drug-likeness (QED) is 0.496. The van der Waals surface area contributed by atoms with Crippen LogP contribution in [0, 0.1) is 88.9 Å². The van der Waals surface area contributed by atoms with Crippen molar-refractivity contribution < 1.29 is 4.92 Å². The van der Waals surface area contributed by atoms with Crippen LogP contribution < -0.4 is 0 Å². The van der Waals surface area contributed by atoms with E-state index in [2.05, 4.69) is 0 Å². The molecule has 1 aliphatic carbocycles. The van der Waals surface area contributed by atoms with Gasteiger partial charge in [-0.25, -0.2) is 0 Å². The molecular formula is C16H7N7O2. The number of nitrogens with one attached hydrogen (secondary N) is 1. The zero-order chi connectivity index (χ0) is 18.8. The minimum absolute atomic E-state index is 0.151. The fraction of sp³-hybridized carbons (Fsp3) is 0.250. The molecule has 1 fully saturated rings. The number of nitro groups is 1. The van der Waals surface area contributed by atoms with Crippen molar-refractivity contribution in [1.82, 2.24) is 0 Å². The third kappa shape index (κ3) is 2.00. The van der Waals surface area contributed by atoms with Gasteiger partial charge in [0, 0.05) is 18.1 Å². The van der Waals surface area contributed by atoms with Crippen molar-refractivity contribution in [3.63, 3.8) is 0 Å². The summed E-state index contributed by atoms with van der Waals surface area (Å²) >= 11 is 0. The lowest BCUT2D eigenvalue weighted by molar-refractivity contribution is -0.384. The van der Waals surface area contributed by atoms with Gasteiger partial charge in [0.1, 0.15) is 5.41 Å². The van der Waals surface area contributed by atoms with Gasteiger partial charge in [0.2, 0.25) is 0 Å². The summed E-state index contributed by atoms with van der Waals surface area (Å²) in [7, 11) is 0. The van der Waals surface area contributed by atoms with E-state index in [1.165, 1.54) is 18.2 Å². The number of rotatable bonds is 4. The second-order valence-corrected chi connectivity index (χ2v) is 5.34. The van der Waals surface area contributed by atoms with Crippen LogP contribution in [0.25, 0.3) is 0 Å². The normalized spacial score (nSPS) is 22.3. The van der Waals surface area contributed by atoms with Crippen LogP contribution in [0.1, 0.15) is 11.5 Å². The maximum Gasteiger partial charge on any atom is 0.269 e. The molecule has 1 aliphatic rings. The Labute approximate surface area is 141 Å². The number of non-ortho nitro benzene ring substituents is 1. The summed E-state index contributed by atoms with van der Waals surface area (Å²) in [4.78, 5) is 10.3. The van der Waals surface area contributed by atoms with Gasteiger partial charge in [0.25, 0.3) is 5.69 Å². The molecule has 1 saturated carbocycles. The summed E-state index contributed by atoms with van der Waals surface area (Å²) in [6.45, 7) is 0. The van der Waals surface area contributed by atoms with Gasteiger partial charge in [-0.2, -0.15) is 26.3 Å². The summed E-state index contributed by atoms with van der Waals surface area (Å²) in [5, 5.41) is 65.6. The molecule has 9 nitrogen and oxygen atoms in total. The summed E-state index contributed by atoms with van der Waals surface area (Å²) in [5.41, 5.74) is -4.82. The standard InChI is InChI=1S/C16H7N7O2/c17-5-11(6-18)14(22)16(9-21)13(15(16,7-19)8-20)10-2-1-3-12(4-10)23(24)25/h1-4,11,13,22H/t13-,16-/m1/s1. The van der Waals surface area contributed by atoms with E-state index in [4.69, 9.17) is 15.9 Å². The highest BCUT2D eigenvalue weighted by Crippen LogP contribution is 2.74. The lowest BCUT2D eigenvalue weighted by Gasteiger charge is -2.11. The minimum Gasteiger partial charge on any atom is -0.305 e. The SMILES string of the molecule is N#CC(C#N)C(=N)[C@@]1(C#N)[C@H](c2cccc([N+](=O)[O-])c2)C1(C#N)C#N. The second kappa shape index (κ2) is 5.74. The number of nitro benzene ring substituents is 1. The molecule has 118 valence electrons. The molecular weight excluding hydrogens is 322 g/mol. The molecule has 0 saturated heterocycles. The van der Waals surface area contributed by atoms with E-state index in [-0.39, 0.29) is 11.3 Å². The highest BCUT2D eigenvalue weighted by molar-refractivity contribution is 6.02. The van der Waals surface area contributed by atoms with Gasteiger partial charge in [-0.05, 0) is 5.56 Å². The average molecular weight is 329 g/mol. The Balaban J connectivity index is 2.70. The molecule has 0 radical (unpaired) electrons. The Bertz CT molecular complexity index is 968. The van der Waals surface area contributed by atoms with Crippen LogP contribution in [0.2, 0.25) is 0 Å². The van der Waals surface area contributed by atoms with Crippen LogP contribution in [-0.4, -0.2) is 10.6 Å². The molecule has 0 heterocycles. The van der Waals surface area contributed by atoms with E-state index in [1.54, 1.807) is 30.3 Å². The summed E-state index contributed by atoms with van der Waals surface area (Å²) in [6.07, 6.45) is 0. The van der Waals surface area contributed by atoms with Crippen molar-refractivity contribution in [1.29, 1.82) is 31.7 Å². The summed E-state index contributed by atoms with van der Waals surface area (Å²) in [5.74, 6) is -2.78. The van der Waals surface area contributed by atoms with Crippen molar-refractivity contribution in [3.8, 4) is 30.3 Å². The van der Waals surface area contributed by atoms with Crippen molar-refractivity contribution >= 4 is 11.4 Å². The maximum absolute atomic E-state index is 10.9. The first-order valence-corrected chi connectivity index (χ1v) is 6.76. The third-order valence-electron chi connectivity index (χ3n) is 4.32. The zero-order valence-corrected chi connectivity index (χ0v) is 12.5. The number of nitriles is 5. The first-order valence-electron chi connectivity index (χ1n) is 6.76. The number of hydrogen-bond donors (Lipinski definition) is 1. The lowest BCUT2D eigenvalue weighted by Crippen LogP contribution is -2.26. The van der Waals surface area contributed by atoms with E-state index in [0.717, 1.165) is 6.07 Å². The van der Waals surface area contributed by atoms with Gasteiger partial charge in [0.05, 0.1) is 41.0 Å². The van der Waals surface area contributed by atoms with Crippen molar-refractivity contribution in [2.24, 2.45) is 16.7 Å². The second-order valence-electron chi connectivity index (χ2n) is 5.34. The van der Waals surface area contributed by atoms with Crippen LogP contribution in [0.3, 0.4) is 0 Å². The Morgan fingerprint density at radius 2 is 1.76 bits per heavy atom. The van der Waals surface area contributed by atoms with Gasteiger partial charge < -0.3 is 5.41 Å². The highest BCUT2D eigenvalue weighted by Gasteiger charge is 2.83. The number of nitrogens with zero attached hydrogens (tertiary/aromatic N) is 6. The first-order chi connectivity index (χ1) is 11.9. The molecule has 0 aliphatic heterocycles. The molecule has 1 aromatic carbocycles. The fourth-order valence-electron chi connectivity index (χ4n) is 3.09. The number of hydrogen-bond acceptors (Lipinski definition) is 8. The van der Waals surface area contributed by atoms with E-state index >= 15 is 0 Å². The first kappa shape index (κ1) is 17.1. The van der Waals surface area contributed by atoms with Crippen LogP contribution >= 0.6 is 0 Å². The van der Waals surface area contributed by atoms with Gasteiger partial charge in [-0.1, -0.05) is 12.1 Å². The van der Waals surface area contributed by atoms with Crippen LogP contribution in [0.4, 0.5) is 5.69 Å². The Morgan fingerprint density at radius 1 is 1.16 bits per heavy atom. The Morgan fingerprint density at radius 3 is 2.20 bits per heavy atom. The van der Waals surface area contributed by atoms with Gasteiger partial charge in [-0.15, -0.1) is 0 Å². The molecule has 0 unspecified atom stereocenters. The Kier molecular flexibility index (Phi) is 3.93. The maximum atomic E-state index is 10.9. The van der Waals surface area contributed by atoms with Crippen LogP contribution in [0.5, 0.6) is 0 Å². The molecule has 1 aromatic rings. The molecule has 0 amide bonds. The van der Waals surface area contributed by atoms with E-state index in [9.17, 15) is 25.9 Å². The molecule has 1 N–H and O–H groups in total. The molecule has 0 spiro atoms. The van der Waals surface area contributed by atoms with Crippen molar-refractivity contribution in [2.45, 2.75) is 5.92 Å². The zero-order valence-electron chi connectivity index (χ0n) is 12.5. The molecule has 0 bridgehead atoms. The van der Waals surface area contributed by atoms with Gasteiger partial charge >= 0.3 is 0 Å². The predicted molar refractivity (Wildman–Crippen MR) is 80.0 cm³/mol. The van der Waals surface area contributed by atoms with Gasteiger partial charge in [-0.3, -0.25) is 10.1 Å². The topological polar surface area (TPSA) is 186 Å². The fourth-order valence-corrected chi connectivity index (χ4v) is 3.09. The van der Waals surface area contributed by atoms with E-state index in [1.807, 2.05) is 0 Å². The highest BCUT2D eigenvalue weighted by atomic mass is 16.6. The monoisotopic (exact) mass is 329 g/mol. The number of benzene rings is 1. The smallest absolute Gasteiger partial charge is 0.269 e. The molecule has 25 heavy (non-hydrogen) atoms. The lowest BCUT2D eigenvalue weighted by atomic mass is 9.84. The van der Waals surface area contributed by atoms with Crippen LogP contribution in [-0.2, 0) is 0 Å².